The average Bonchev–Trinajstić information content (AvgIpc) is 3.11. The van der Waals surface area contributed by atoms with Gasteiger partial charge < -0.3 is 16.4 Å². The number of aromatic nitrogens is 2. The summed E-state index contributed by atoms with van der Waals surface area (Å²) in [7, 11) is 0. The van der Waals surface area contributed by atoms with Crippen molar-refractivity contribution in [3.05, 3.63) is 64.7 Å². The number of hydrogen-bond acceptors (Lipinski definition) is 5. The number of halogens is 2. The maximum absolute atomic E-state index is 14.5. The first-order chi connectivity index (χ1) is 13.1. The van der Waals surface area contributed by atoms with Crippen molar-refractivity contribution in [2.45, 2.75) is 12.0 Å². The van der Waals surface area contributed by atoms with Gasteiger partial charge in [0.25, 0.3) is 5.91 Å². The first-order valence-electron chi connectivity index (χ1n) is 8.51. The quantitative estimate of drug-likeness (QED) is 0.642. The molecule has 3 aromatic rings. The summed E-state index contributed by atoms with van der Waals surface area (Å²) in [6, 6.07) is 10.1. The molecule has 1 fully saturated rings. The molecule has 0 bridgehead atoms. The largest absolute Gasteiger partial charge is 0.366 e. The molecule has 138 valence electrons. The van der Waals surface area contributed by atoms with Gasteiger partial charge in [0.2, 0.25) is 0 Å². The Balaban J connectivity index is 1.70. The van der Waals surface area contributed by atoms with E-state index in [0.29, 0.717) is 40.9 Å². The first kappa shape index (κ1) is 17.6. The van der Waals surface area contributed by atoms with Gasteiger partial charge in [0, 0.05) is 30.4 Å². The normalized spacial score (nSPS) is 19.3. The summed E-state index contributed by atoms with van der Waals surface area (Å²) in [5.41, 5.74) is 6.81. The molecule has 0 saturated carbocycles. The minimum absolute atomic E-state index is 0.103. The van der Waals surface area contributed by atoms with Crippen LogP contribution in [0.25, 0.3) is 10.9 Å². The smallest absolute Gasteiger partial charge is 0.250 e. The highest BCUT2D eigenvalue weighted by atomic mass is 35.5. The van der Waals surface area contributed by atoms with Gasteiger partial charge in [0.1, 0.15) is 18.0 Å². The van der Waals surface area contributed by atoms with Gasteiger partial charge in [0.05, 0.1) is 16.1 Å². The number of nitrogens with zero attached hydrogens (tertiary/aromatic N) is 2. The molecule has 1 aliphatic heterocycles. The van der Waals surface area contributed by atoms with Gasteiger partial charge in [-0.25, -0.2) is 14.4 Å². The van der Waals surface area contributed by atoms with Gasteiger partial charge >= 0.3 is 0 Å². The molecular formula is C19H17ClFN5O. The number of benzene rings is 2. The SMILES string of the molecule is NC(=O)c1cccc2c(N[C@H]3CNC[C@@H]3c3cccc(Cl)c3F)ncnc12. The van der Waals surface area contributed by atoms with Crippen LogP contribution in [0.4, 0.5) is 10.2 Å². The van der Waals surface area contributed by atoms with Crippen molar-refractivity contribution in [1.29, 1.82) is 0 Å². The number of nitrogens with two attached hydrogens (primary N) is 1. The van der Waals surface area contributed by atoms with E-state index >= 15 is 0 Å². The van der Waals surface area contributed by atoms with Gasteiger partial charge in [-0.15, -0.1) is 0 Å². The zero-order valence-electron chi connectivity index (χ0n) is 14.2. The van der Waals surface area contributed by atoms with Crippen molar-refractivity contribution in [2.75, 3.05) is 18.4 Å². The Kier molecular flexibility index (Phi) is 4.63. The number of nitrogens with one attached hydrogen (secondary N) is 2. The molecule has 2 aromatic carbocycles. The van der Waals surface area contributed by atoms with Gasteiger partial charge in [-0.05, 0) is 23.8 Å². The van der Waals surface area contributed by atoms with E-state index < -0.39 is 11.7 Å². The lowest BCUT2D eigenvalue weighted by atomic mass is 9.93. The molecule has 6 nitrogen and oxygen atoms in total. The Bertz CT molecular complexity index is 1030. The van der Waals surface area contributed by atoms with E-state index in [2.05, 4.69) is 20.6 Å². The third-order valence-electron chi connectivity index (χ3n) is 4.85. The van der Waals surface area contributed by atoms with E-state index in [9.17, 15) is 9.18 Å². The molecule has 1 aromatic heterocycles. The highest BCUT2D eigenvalue weighted by Crippen LogP contribution is 2.31. The predicted octanol–water partition coefficient (Wildman–Crippen LogP) is 2.69. The Morgan fingerprint density at radius 2 is 2.04 bits per heavy atom. The van der Waals surface area contributed by atoms with Crippen LogP contribution in [-0.4, -0.2) is 35.0 Å². The van der Waals surface area contributed by atoms with Crippen molar-refractivity contribution in [2.24, 2.45) is 5.73 Å². The molecule has 2 atom stereocenters. The van der Waals surface area contributed by atoms with Crippen LogP contribution in [0, 0.1) is 5.82 Å². The number of carbonyl (C=O) groups excluding carboxylic acids is 1. The summed E-state index contributed by atoms with van der Waals surface area (Å²) < 4.78 is 14.5. The molecule has 0 spiro atoms. The van der Waals surface area contributed by atoms with Crippen LogP contribution in [0.15, 0.2) is 42.7 Å². The van der Waals surface area contributed by atoms with Gasteiger partial charge in [-0.3, -0.25) is 4.79 Å². The van der Waals surface area contributed by atoms with E-state index in [-0.39, 0.29) is 17.0 Å². The number of rotatable bonds is 4. The van der Waals surface area contributed by atoms with Gasteiger partial charge in [-0.1, -0.05) is 29.8 Å². The fourth-order valence-corrected chi connectivity index (χ4v) is 3.72. The van der Waals surface area contributed by atoms with E-state index in [1.807, 2.05) is 6.07 Å². The summed E-state index contributed by atoms with van der Waals surface area (Å²) in [6.45, 7) is 1.25. The molecule has 1 saturated heterocycles. The molecule has 1 aliphatic rings. The molecule has 0 unspecified atom stereocenters. The highest BCUT2D eigenvalue weighted by Gasteiger charge is 2.31. The Labute approximate surface area is 159 Å². The van der Waals surface area contributed by atoms with Crippen LogP contribution in [-0.2, 0) is 0 Å². The molecule has 4 N–H and O–H groups in total. The number of fused-ring (bicyclic) bond motifs is 1. The summed E-state index contributed by atoms with van der Waals surface area (Å²) in [6.07, 6.45) is 1.38. The zero-order valence-corrected chi connectivity index (χ0v) is 15.0. The minimum Gasteiger partial charge on any atom is -0.366 e. The lowest BCUT2D eigenvalue weighted by molar-refractivity contribution is 0.100. The lowest BCUT2D eigenvalue weighted by Crippen LogP contribution is -2.28. The summed E-state index contributed by atoms with van der Waals surface area (Å²) in [4.78, 5) is 20.2. The monoisotopic (exact) mass is 385 g/mol. The molecular weight excluding hydrogens is 369 g/mol. The number of carbonyl (C=O) groups is 1. The van der Waals surface area contributed by atoms with Crippen LogP contribution < -0.4 is 16.4 Å². The number of amides is 1. The minimum atomic E-state index is -0.549. The van der Waals surface area contributed by atoms with E-state index in [0.717, 1.165) is 0 Å². The van der Waals surface area contributed by atoms with Crippen LogP contribution in [0.5, 0.6) is 0 Å². The van der Waals surface area contributed by atoms with Crippen LogP contribution in [0.1, 0.15) is 21.8 Å². The topological polar surface area (TPSA) is 92.9 Å². The molecule has 0 radical (unpaired) electrons. The maximum Gasteiger partial charge on any atom is 0.250 e. The number of anilines is 1. The van der Waals surface area contributed by atoms with E-state index in [1.54, 1.807) is 24.3 Å². The Hall–Kier alpha value is -2.77. The summed E-state index contributed by atoms with van der Waals surface area (Å²) in [5, 5.41) is 7.44. The van der Waals surface area contributed by atoms with Crippen molar-refractivity contribution < 1.29 is 9.18 Å². The fourth-order valence-electron chi connectivity index (χ4n) is 3.54. The van der Waals surface area contributed by atoms with Gasteiger partial charge in [-0.2, -0.15) is 0 Å². The van der Waals surface area contributed by atoms with Crippen molar-refractivity contribution in [1.82, 2.24) is 15.3 Å². The van der Waals surface area contributed by atoms with Crippen LogP contribution >= 0.6 is 11.6 Å². The lowest BCUT2D eigenvalue weighted by Gasteiger charge is -2.22. The number of hydrogen-bond donors (Lipinski definition) is 3. The van der Waals surface area contributed by atoms with E-state index in [1.165, 1.54) is 12.4 Å². The molecule has 27 heavy (non-hydrogen) atoms. The van der Waals surface area contributed by atoms with Crippen molar-refractivity contribution in [3.63, 3.8) is 0 Å². The molecule has 8 heteroatoms. The molecule has 1 amide bonds. The second-order valence-corrected chi connectivity index (χ2v) is 6.85. The molecule has 4 rings (SSSR count). The number of para-hydroxylation sites is 1. The van der Waals surface area contributed by atoms with E-state index in [4.69, 9.17) is 17.3 Å². The zero-order chi connectivity index (χ0) is 19.0. The summed E-state index contributed by atoms with van der Waals surface area (Å²) in [5.74, 6) is -0.493. The highest BCUT2D eigenvalue weighted by molar-refractivity contribution is 6.30. The molecule has 2 heterocycles. The Morgan fingerprint density at radius 1 is 1.22 bits per heavy atom. The third-order valence-corrected chi connectivity index (χ3v) is 5.14. The molecule has 0 aliphatic carbocycles. The van der Waals surface area contributed by atoms with Crippen molar-refractivity contribution in [3.8, 4) is 0 Å². The first-order valence-corrected chi connectivity index (χ1v) is 8.88. The number of primary amides is 1. The average molecular weight is 386 g/mol. The predicted molar refractivity (Wildman–Crippen MR) is 102 cm³/mol. The maximum atomic E-state index is 14.5. The van der Waals surface area contributed by atoms with Crippen molar-refractivity contribution >= 4 is 34.2 Å². The second kappa shape index (κ2) is 7.09. The second-order valence-electron chi connectivity index (χ2n) is 6.45. The fraction of sp³-hybridized carbons (Fsp3) is 0.211. The van der Waals surface area contributed by atoms with Crippen LogP contribution in [0.2, 0.25) is 5.02 Å². The third kappa shape index (κ3) is 3.20. The summed E-state index contributed by atoms with van der Waals surface area (Å²) >= 11 is 5.95. The Morgan fingerprint density at radius 3 is 2.85 bits per heavy atom. The van der Waals surface area contributed by atoms with Crippen LogP contribution in [0.3, 0.4) is 0 Å². The standard InChI is InChI=1S/C19H17ClFN5O/c20-14-6-2-3-10(16(14)21)13-7-23-8-15(13)26-19-12-5-1-4-11(18(22)27)17(12)24-9-25-19/h1-6,9,13,15,23H,7-8H2,(H2,22,27)(H,24,25,26)/t13-,15+/m1/s1. The van der Waals surface area contributed by atoms with Gasteiger partial charge in [0.15, 0.2) is 0 Å².